The van der Waals surface area contributed by atoms with Crippen LogP contribution >= 0.6 is 0 Å². The Hall–Kier alpha value is -7.74. The maximum absolute atomic E-state index is 15.9. The first-order chi connectivity index (χ1) is 44.0. The number of imidazole rings is 1. The van der Waals surface area contributed by atoms with Crippen LogP contribution in [0.1, 0.15) is 140 Å². The van der Waals surface area contributed by atoms with Crippen molar-refractivity contribution < 1.29 is 61.6 Å². The fraction of sp³-hybridized carbons (Fsp3) is 0.537. The number of hydrogen-bond donors (Lipinski definition) is 4. The number of hydrogen-bond acceptors (Lipinski definition) is 17. The fourth-order valence-electron chi connectivity index (χ4n) is 13.5. The van der Waals surface area contributed by atoms with Crippen LogP contribution in [-0.4, -0.2) is 194 Å². The van der Waals surface area contributed by atoms with E-state index in [-0.39, 0.29) is 78.5 Å². The molecule has 1 unspecified atom stereocenters. The van der Waals surface area contributed by atoms with Crippen LogP contribution in [-0.2, 0) is 48.3 Å². The molecule has 5 aliphatic heterocycles. The Bertz CT molecular complexity index is 3540. The first-order valence-corrected chi connectivity index (χ1v) is 32.2. The Morgan fingerprint density at radius 1 is 0.758 bits per heavy atom. The Morgan fingerprint density at radius 2 is 1.44 bits per heavy atom. The minimum Gasteiger partial charge on any atom is -0.382 e. The highest BCUT2D eigenvalue weighted by Gasteiger charge is 2.56. The van der Waals surface area contributed by atoms with E-state index in [4.69, 9.17) is 33.7 Å². The number of aromatic nitrogens is 3. The fourth-order valence-corrected chi connectivity index (χ4v) is 13.5. The third-order valence-corrected chi connectivity index (χ3v) is 18.3. The summed E-state index contributed by atoms with van der Waals surface area (Å²) in [4.78, 5) is 110. The van der Waals surface area contributed by atoms with E-state index in [0.717, 1.165) is 47.6 Å². The average molecular weight is 1250 g/mol. The lowest BCUT2D eigenvalue weighted by Crippen LogP contribution is -2.58. The van der Waals surface area contributed by atoms with Gasteiger partial charge in [0.2, 0.25) is 23.6 Å². The van der Waals surface area contributed by atoms with Gasteiger partial charge in [-0.25, -0.2) is 14.4 Å². The average Bonchev–Trinajstić information content (AvgIpc) is 1.57. The van der Waals surface area contributed by atoms with Gasteiger partial charge in [0.25, 0.3) is 17.7 Å². The summed E-state index contributed by atoms with van der Waals surface area (Å²) < 4.78 is 46.3. The van der Waals surface area contributed by atoms with Crippen molar-refractivity contribution in [3.8, 4) is 11.3 Å². The first kappa shape index (κ1) is 64.8. The van der Waals surface area contributed by atoms with Gasteiger partial charge < -0.3 is 58.9 Å². The molecule has 11 rings (SSSR count). The molecule has 0 bridgehead atoms. The summed E-state index contributed by atoms with van der Waals surface area (Å²) in [6.07, 6.45) is 8.53. The second kappa shape index (κ2) is 28.8. The number of carbonyl (C=O) groups is 7. The van der Waals surface area contributed by atoms with Crippen molar-refractivity contribution in [3.05, 3.63) is 94.6 Å². The normalized spacial score (nSPS) is 19.8. The molecule has 24 heteroatoms. The van der Waals surface area contributed by atoms with Crippen molar-refractivity contribution >= 4 is 75.3 Å². The van der Waals surface area contributed by atoms with E-state index in [2.05, 4.69) is 43.2 Å². The molecule has 1 atom stereocenters. The van der Waals surface area contributed by atoms with E-state index >= 15 is 9.18 Å². The molecule has 1 saturated carbocycles. The van der Waals surface area contributed by atoms with E-state index in [1.54, 1.807) is 31.5 Å². The standard InChI is InChI=1S/C67H84FN11O12/c1-41(2)71-62(82)48-38-53(50(68)34-43(48)5)73-61-60-54(70-40-77(60)42(3)4)39-52(72-61)44-12-13-49-56(35-44)78(46-36-45(37-46)75-20-7-6-8-21-75)66(86)67(49)17-22-76(23-18-67)58(81)16-24-87-26-28-89-30-32-91-33-31-90-29-27-88-25-19-69-51-11-9-10-47-59(51)65(85)79(64(47)84)55-14-15-57(80)74-63(55)83/h9-13,34-35,38-42,45-46,55,69H,6-8,14-33,36-37H2,1-5H3,(H,71,82)(H,72,73)(H,74,80,83)/t45-,46+,55?. The van der Waals surface area contributed by atoms with Gasteiger partial charge in [-0.2, -0.15) is 0 Å². The van der Waals surface area contributed by atoms with Crippen molar-refractivity contribution in [1.29, 1.82) is 0 Å². The van der Waals surface area contributed by atoms with Gasteiger partial charge in [0, 0.05) is 72.7 Å². The lowest BCUT2D eigenvalue weighted by molar-refractivity contribution is -0.137. The molecule has 7 heterocycles. The van der Waals surface area contributed by atoms with Gasteiger partial charge in [0.1, 0.15) is 17.4 Å². The monoisotopic (exact) mass is 1250 g/mol. The smallest absolute Gasteiger partial charge is 0.264 e. The van der Waals surface area contributed by atoms with Gasteiger partial charge in [0.15, 0.2) is 5.82 Å². The van der Waals surface area contributed by atoms with Crippen LogP contribution < -0.4 is 26.2 Å². The lowest BCUT2D eigenvalue weighted by Gasteiger charge is -2.48. The number of rotatable bonds is 28. The molecule has 5 aromatic rings. The van der Waals surface area contributed by atoms with Crippen molar-refractivity contribution in [2.45, 2.75) is 134 Å². The quantitative estimate of drug-likeness (QED) is 0.0285. The number of amides is 7. The summed E-state index contributed by atoms with van der Waals surface area (Å²) in [6.45, 7) is 16.3. The summed E-state index contributed by atoms with van der Waals surface area (Å²) in [5.74, 6) is -2.59. The number of imide groups is 2. The molecule has 1 spiro atoms. The maximum atomic E-state index is 15.9. The zero-order valence-corrected chi connectivity index (χ0v) is 52.7. The van der Waals surface area contributed by atoms with E-state index in [1.165, 1.54) is 31.4 Å². The Morgan fingerprint density at radius 3 is 2.11 bits per heavy atom. The molecule has 4 N–H and O–H groups in total. The number of nitrogens with one attached hydrogen (secondary N) is 4. The summed E-state index contributed by atoms with van der Waals surface area (Å²) >= 11 is 0. The van der Waals surface area contributed by atoms with Crippen LogP contribution in [0.4, 0.5) is 27.3 Å². The highest BCUT2D eigenvalue weighted by atomic mass is 19.1. The topological polar surface area (TPSA) is 257 Å². The molecular weight excluding hydrogens is 1170 g/mol. The minimum atomic E-state index is -1.04. The number of pyridine rings is 1. The summed E-state index contributed by atoms with van der Waals surface area (Å²) in [7, 11) is 0. The van der Waals surface area contributed by atoms with Crippen molar-refractivity contribution in [3.63, 3.8) is 0 Å². The van der Waals surface area contributed by atoms with Gasteiger partial charge in [-0.3, -0.25) is 43.8 Å². The third kappa shape index (κ3) is 14.0. The lowest BCUT2D eigenvalue weighted by atomic mass is 9.73. The second-order valence-electron chi connectivity index (χ2n) is 25.0. The van der Waals surface area contributed by atoms with Crippen LogP contribution in [0.5, 0.6) is 0 Å². The molecule has 91 heavy (non-hydrogen) atoms. The van der Waals surface area contributed by atoms with Crippen molar-refractivity contribution in [1.82, 2.24) is 39.9 Å². The third-order valence-electron chi connectivity index (χ3n) is 18.3. The van der Waals surface area contributed by atoms with Crippen LogP contribution in [0.3, 0.4) is 0 Å². The van der Waals surface area contributed by atoms with Gasteiger partial charge in [-0.1, -0.05) is 24.6 Å². The second-order valence-corrected chi connectivity index (χ2v) is 25.0. The van der Waals surface area contributed by atoms with Gasteiger partial charge in [-0.15, -0.1) is 0 Å². The summed E-state index contributed by atoms with van der Waals surface area (Å²) in [6, 6.07) is 15.2. The largest absolute Gasteiger partial charge is 0.382 e. The summed E-state index contributed by atoms with van der Waals surface area (Å²) in [5, 5.41) is 11.5. The Kier molecular flexibility index (Phi) is 20.5. The first-order valence-electron chi connectivity index (χ1n) is 32.2. The maximum Gasteiger partial charge on any atom is 0.264 e. The number of anilines is 4. The van der Waals surface area contributed by atoms with Crippen LogP contribution in [0.2, 0.25) is 0 Å². The minimum absolute atomic E-state index is 0.00803. The predicted molar refractivity (Wildman–Crippen MR) is 338 cm³/mol. The molecule has 3 saturated heterocycles. The van der Waals surface area contributed by atoms with Crippen LogP contribution in [0.15, 0.2) is 60.9 Å². The molecule has 2 aromatic heterocycles. The highest BCUT2D eigenvalue weighted by Crippen LogP contribution is 2.52. The van der Waals surface area contributed by atoms with E-state index < -0.39 is 40.9 Å². The van der Waals surface area contributed by atoms with Crippen molar-refractivity contribution in [2.75, 3.05) is 114 Å². The number of fused-ring (bicyclic) bond motifs is 4. The molecule has 7 amide bonds. The zero-order valence-electron chi connectivity index (χ0n) is 52.7. The molecule has 3 aromatic carbocycles. The van der Waals surface area contributed by atoms with Crippen molar-refractivity contribution in [2.24, 2.45) is 0 Å². The SMILES string of the molecule is Cc1cc(F)c(Nc2nc(-c3ccc4c(c3)N([C@H]3C[C@@H](N5CCCCC5)C3)C(=O)C43CCN(C(=O)CCOCCOCCOCCOCCOCCNc4cccc5c4C(=O)N(C4CCC(=O)NC4=O)C5=O)CC3)cc3ncn(C(C)C)c23)cc1C(=O)NC(C)C. The summed E-state index contributed by atoms with van der Waals surface area (Å²) in [5.41, 5.74) is 5.60. The number of benzene rings is 3. The molecule has 0 radical (unpaired) electrons. The molecule has 486 valence electrons. The van der Waals surface area contributed by atoms with Crippen LogP contribution in [0.25, 0.3) is 22.3 Å². The van der Waals surface area contributed by atoms with Gasteiger partial charge in [-0.05, 0) is 140 Å². The van der Waals surface area contributed by atoms with E-state index in [1.807, 2.05) is 49.3 Å². The highest BCUT2D eigenvalue weighted by molar-refractivity contribution is 6.25. The molecule has 6 aliphatic rings. The number of ether oxygens (including phenoxy) is 5. The zero-order chi connectivity index (χ0) is 63.9. The number of nitrogens with zero attached hydrogens (tertiary/aromatic N) is 7. The number of piperidine rings is 3. The Labute approximate surface area is 529 Å². The number of aryl methyl sites for hydroxylation is 1. The van der Waals surface area contributed by atoms with Gasteiger partial charge >= 0.3 is 0 Å². The molecule has 1 aliphatic carbocycles. The predicted octanol–water partition coefficient (Wildman–Crippen LogP) is 7.22. The van der Waals surface area contributed by atoms with Gasteiger partial charge in [0.05, 0.1) is 112 Å². The molecule has 4 fully saturated rings. The van der Waals surface area contributed by atoms with E-state index in [0.29, 0.717) is 137 Å². The number of halogens is 1. The Balaban J connectivity index is 0.618. The van der Waals surface area contributed by atoms with Crippen LogP contribution in [0, 0.1) is 12.7 Å². The number of likely N-dealkylation sites (tertiary alicyclic amines) is 2. The van der Waals surface area contributed by atoms with E-state index in [9.17, 15) is 28.8 Å². The molecule has 23 nitrogen and oxygen atoms in total. The molecular formula is C67H84FN11O12. The number of carbonyl (C=O) groups excluding carboxylic acids is 7.